The molecule has 0 fully saturated rings. The smallest absolute Gasteiger partial charge is 0.379 e. The van der Waals surface area contributed by atoms with Crippen LogP contribution in [-0.2, 0) is 15.8 Å². The van der Waals surface area contributed by atoms with Crippen LogP contribution >= 0.6 is 0 Å². The van der Waals surface area contributed by atoms with E-state index < -0.39 is 17.6 Å². The van der Waals surface area contributed by atoms with Crippen molar-refractivity contribution in [2.75, 3.05) is 0 Å². The first-order chi connectivity index (χ1) is 16.2. The van der Waals surface area contributed by atoms with Crippen molar-refractivity contribution in [2.24, 2.45) is 0 Å². The van der Waals surface area contributed by atoms with Crippen LogP contribution in [0.5, 0.6) is 0 Å². The summed E-state index contributed by atoms with van der Waals surface area (Å²) < 4.78 is 41.5. The number of aromatic nitrogens is 1. The molecule has 1 aliphatic heterocycles. The molecule has 9 heteroatoms. The number of hydroxylamine groups is 1. The standard InChI is InChI=1S/C25H18F3N3O3/c1-14-19-10-9-17(13-22(19)34-30-23(14)32)29-24(33)21-11-15-5-2-3-8-20(15)31(21)18-7-4-6-16(12-18)25(26,27)28/h2-9,11-13H,10H2,1H3,(H,29,33)(H,30,32). The van der Waals surface area contributed by atoms with Crippen LogP contribution in [-0.4, -0.2) is 16.4 Å². The van der Waals surface area contributed by atoms with Crippen molar-refractivity contribution >= 4 is 22.7 Å². The number of amides is 2. The predicted molar refractivity (Wildman–Crippen MR) is 118 cm³/mol. The molecule has 5 rings (SSSR count). The molecule has 2 aliphatic rings. The lowest BCUT2D eigenvalue weighted by Gasteiger charge is -2.24. The van der Waals surface area contributed by atoms with Crippen LogP contribution in [0.2, 0.25) is 0 Å². The number of carbonyl (C=O) groups excluding carboxylic acids is 2. The van der Waals surface area contributed by atoms with Crippen molar-refractivity contribution in [3.05, 3.63) is 101 Å². The molecular formula is C25H18F3N3O3. The highest BCUT2D eigenvalue weighted by molar-refractivity contribution is 6.01. The van der Waals surface area contributed by atoms with Gasteiger partial charge in [-0.25, -0.2) is 0 Å². The Morgan fingerprint density at radius 2 is 1.91 bits per heavy atom. The molecule has 3 aromatic rings. The molecule has 0 spiro atoms. The summed E-state index contributed by atoms with van der Waals surface area (Å²) in [6, 6.07) is 13.6. The quantitative estimate of drug-likeness (QED) is 0.576. The van der Waals surface area contributed by atoms with Crippen LogP contribution in [0.1, 0.15) is 29.4 Å². The lowest BCUT2D eigenvalue weighted by molar-refractivity contribution is -0.137. The molecular weight excluding hydrogens is 447 g/mol. The van der Waals surface area contributed by atoms with Gasteiger partial charge in [-0.2, -0.15) is 18.7 Å². The van der Waals surface area contributed by atoms with Gasteiger partial charge in [0.05, 0.1) is 11.1 Å². The summed E-state index contributed by atoms with van der Waals surface area (Å²) >= 11 is 0. The lowest BCUT2D eigenvalue weighted by atomic mass is 9.97. The van der Waals surface area contributed by atoms with Gasteiger partial charge in [0.1, 0.15) is 5.69 Å². The summed E-state index contributed by atoms with van der Waals surface area (Å²) in [4.78, 5) is 30.3. The average molecular weight is 465 g/mol. The van der Waals surface area contributed by atoms with Gasteiger partial charge >= 0.3 is 6.18 Å². The van der Waals surface area contributed by atoms with Crippen LogP contribution in [0.4, 0.5) is 13.2 Å². The predicted octanol–water partition coefficient (Wildman–Crippen LogP) is 4.93. The van der Waals surface area contributed by atoms with Crippen LogP contribution in [0.3, 0.4) is 0 Å². The van der Waals surface area contributed by atoms with Crippen LogP contribution < -0.4 is 10.8 Å². The van der Waals surface area contributed by atoms with Gasteiger partial charge in [-0.3, -0.25) is 9.59 Å². The van der Waals surface area contributed by atoms with E-state index in [9.17, 15) is 22.8 Å². The number of carbonyl (C=O) groups is 2. The van der Waals surface area contributed by atoms with Gasteiger partial charge in [0.15, 0.2) is 5.76 Å². The second kappa shape index (κ2) is 7.95. The number of para-hydroxylation sites is 1. The third kappa shape index (κ3) is 3.75. The molecule has 0 unspecified atom stereocenters. The molecule has 0 atom stereocenters. The molecule has 0 bridgehead atoms. The number of fused-ring (bicyclic) bond motifs is 2. The monoisotopic (exact) mass is 465 g/mol. The van der Waals surface area contributed by atoms with Gasteiger partial charge in [-0.1, -0.05) is 30.3 Å². The van der Waals surface area contributed by atoms with Crippen molar-refractivity contribution in [1.82, 2.24) is 15.4 Å². The van der Waals surface area contributed by atoms with Gasteiger partial charge in [0, 0.05) is 34.0 Å². The van der Waals surface area contributed by atoms with Gasteiger partial charge in [-0.15, -0.1) is 0 Å². The third-order valence-corrected chi connectivity index (χ3v) is 5.79. The Kier molecular flexibility index (Phi) is 5.04. The van der Waals surface area contributed by atoms with E-state index >= 15 is 0 Å². The molecule has 2 amide bonds. The van der Waals surface area contributed by atoms with Gasteiger partial charge in [0.2, 0.25) is 0 Å². The van der Waals surface area contributed by atoms with E-state index in [4.69, 9.17) is 4.84 Å². The number of allylic oxidation sites excluding steroid dienone is 3. The Labute approximate surface area is 192 Å². The molecule has 6 nitrogen and oxygen atoms in total. The van der Waals surface area contributed by atoms with Crippen LogP contribution in [0.25, 0.3) is 16.6 Å². The topological polar surface area (TPSA) is 72.4 Å². The highest BCUT2D eigenvalue weighted by Gasteiger charge is 2.31. The molecule has 172 valence electrons. The summed E-state index contributed by atoms with van der Waals surface area (Å²) in [6.45, 7) is 1.69. The summed E-state index contributed by atoms with van der Waals surface area (Å²) in [6.07, 6.45) is -0.785. The number of alkyl halides is 3. The Balaban J connectivity index is 1.53. The minimum Gasteiger partial charge on any atom is -0.379 e. The summed E-state index contributed by atoms with van der Waals surface area (Å²) in [5.74, 6) is -0.396. The second-order valence-electron chi connectivity index (χ2n) is 7.93. The third-order valence-electron chi connectivity index (χ3n) is 5.79. The molecule has 1 aromatic heterocycles. The van der Waals surface area contributed by atoms with E-state index in [1.54, 1.807) is 49.4 Å². The number of halogens is 3. The zero-order chi connectivity index (χ0) is 24.0. The Bertz CT molecular complexity index is 1440. The molecule has 0 saturated carbocycles. The number of rotatable bonds is 3. The van der Waals surface area contributed by atoms with E-state index in [0.717, 1.165) is 17.7 Å². The summed E-state index contributed by atoms with van der Waals surface area (Å²) in [5.41, 5.74) is 4.20. The van der Waals surface area contributed by atoms with Crippen molar-refractivity contribution in [3.8, 4) is 5.69 Å². The molecule has 0 radical (unpaired) electrons. The SMILES string of the molecule is CC1=C2CC=C(NC(=O)c3cc4ccccc4n3-c3cccc(C(F)(F)F)c3)C=C2ONC1=O. The van der Waals surface area contributed by atoms with Crippen molar-refractivity contribution in [1.29, 1.82) is 0 Å². The highest BCUT2D eigenvalue weighted by Crippen LogP contribution is 2.33. The maximum absolute atomic E-state index is 13.3. The van der Waals surface area contributed by atoms with E-state index in [1.165, 1.54) is 16.7 Å². The first-order valence-electron chi connectivity index (χ1n) is 10.4. The summed E-state index contributed by atoms with van der Waals surface area (Å²) in [5, 5.41) is 3.51. The number of nitrogens with one attached hydrogen (secondary N) is 2. The fourth-order valence-electron chi connectivity index (χ4n) is 4.05. The van der Waals surface area contributed by atoms with E-state index in [-0.39, 0.29) is 17.3 Å². The first kappa shape index (κ1) is 21.6. The molecule has 0 saturated heterocycles. The number of hydrogen-bond acceptors (Lipinski definition) is 3. The fourth-order valence-corrected chi connectivity index (χ4v) is 4.05. The number of hydrogen-bond donors (Lipinski definition) is 2. The number of nitrogens with zero attached hydrogens (tertiary/aromatic N) is 1. The fraction of sp³-hybridized carbons (Fsp3) is 0.120. The van der Waals surface area contributed by atoms with Crippen LogP contribution in [0.15, 0.2) is 89.4 Å². The lowest BCUT2D eigenvalue weighted by Crippen LogP contribution is -2.32. The van der Waals surface area contributed by atoms with Crippen molar-refractivity contribution < 1.29 is 27.6 Å². The second-order valence-corrected chi connectivity index (χ2v) is 7.93. The van der Waals surface area contributed by atoms with Gasteiger partial charge in [0.25, 0.3) is 11.8 Å². The minimum absolute atomic E-state index is 0.176. The maximum Gasteiger partial charge on any atom is 0.416 e. The van der Waals surface area contributed by atoms with E-state index in [0.29, 0.717) is 34.4 Å². The zero-order valence-corrected chi connectivity index (χ0v) is 17.9. The van der Waals surface area contributed by atoms with Gasteiger partial charge < -0.3 is 14.7 Å². The normalized spacial score (nSPS) is 15.8. The van der Waals surface area contributed by atoms with Gasteiger partial charge in [-0.05, 0) is 43.7 Å². The van der Waals surface area contributed by atoms with Crippen molar-refractivity contribution in [3.63, 3.8) is 0 Å². The first-order valence-corrected chi connectivity index (χ1v) is 10.4. The number of benzene rings is 2. The van der Waals surface area contributed by atoms with Crippen molar-refractivity contribution in [2.45, 2.75) is 19.5 Å². The average Bonchev–Trinajstić information content (AvgIpc) is 3.21. The largest absolute Gasteiger partial charge is 0.416 e. The Hall–Kier alpha value is -4.27. The molecule has 2 heterocycles. The Morgan fingerprint density at radius 3 is 2.71 bits per heavy atom. The molecule has 34 heavy (non-hydrogen) atoms. The Morgan fingerprint density at radius 1 is 1.12 bits per heavy atom. The highest BCUT2D eigenvalue weighted by atomic mass is 19.4. The molecule has 1 aliphatic carbocycles. The zero-order valence-electron chi connectivity index (χ0n) is 17.9. The minimum atomic E-state index is -4.51. The molecule has 2 N–H and O–H groups in total. The summed E-state index contributed by atoms with van der Waals surface area (Å²) in [7, 11) is 0. The van der Waals surface area contributed by atoms with E-state index in [2.05, 4.69) is 10.8 Å². The molecule has 2 aromatic carbocycles. The van der Waals surface area contributed by atoms with E-state index in [1.807, 2.05) is 0 Å². The van der Waals surface area contributed by atoms with Crippen LogP contribution in [0, 0.1) is 0 Å². The maximum atomic E-state index is 13.3.